The fourth-order valence-electron chi connectivity index (χ4n) is 2.97. The maximum absolute atomic E-state index is 13.0. The fraction of sp³-hybridized carbons (Fsp3) is 0.130. The largest absolute Gasteiger partial charge is 0.322 e. The van der Waals surface area contributed by atoms with Gasteiger partial charge in [-0.3, -0.25) is 9.59 Å². The van der Waals surface area contributed by atoms with Crippen molar-refractivity contribution in [2.45, 2.75) is 13.8 Å². The second-order valence-electron chi connectivity index (χ2n) is 6.64. The smallest absolute Gasteiger partial charge is 0.258 e. The van der Waals surface area contributed by atoms with Gasteiger partial charge in [0, 0.05) is 34.0 Å². The van der Waals surface area contributed by atoms with Gasteiger partial charge in [-0.25, -0.2) is 0 Å². The summed E-state index contributed by atoms with van der Waals surface area (Å²) < 4.78 is 0.968. The van der Waals surface area contributed by atoms with Crippen LogP contribution >= 0.6 is 15.9 Å². The summed E-state index contributed by atoms with van der Waals surface area (Å²) in [5.74, 6) is -0.342. The van der Waals surface area contributed by atoms with Crippen LogP contribution < -0.4 is 10.2 Å². The first-order chi connectivity index (χ1) is 13.4. The fourth-order valence-corrected chi connectivity index (χ4v) is 3.45. The Balaban J connectivity index is 1.86. The molecule has 4 nitrogen and oxygen atoms in total. The molecule has 0 aliphatic rings. The van der Waals surface area contributed by atoms with Crippen LogP contribution in [0, 0.1) is 13.8 Å². The van der Waals surface area contributed by atoms with E-state index in [0.717, 1.165) is 21.3 Å². The van der Waals surface area contributed by atoms with E-state index in [1.54, 1.807) is 36.2 Å². The summed E-state index contributed by atoms with van der Waals surface area (Å²) in [6.07, 6.45) is 0. The molecular formula is C23H21BrN2O2. The molecular weight excluding hydrogens is 416 g/mol. The number of nitrogens with one attached hydrogen (secondary N) is 1. The molecule has 0 atom stereocenters. The third-order valence-electron chi connectivity index (χ3n) is 4.59. The molecule has 0 radical (unpaired) electrons. The van der Waals surface area contributed by atoms with Crippen LogP contribution in [0.3, 0.4) is 0 Å². The zero-order chi connectivity index (χ0) is 20.3. The van der Waals surface area contributed by atoms with Gasteiger partial charge in [-0.2, -0.15) is 0 Å². The summed E-state index contributed by atoms with van der Waals surface area (Å²) in [6, 6.07) is 20.1. The monoisotopic (exact) mass is 436 g/mol. The third-order valence-corrected chi connectivity index (χ3v) is 5.09. The predicted octanol–water partition coefficient (Wildman–Crippen LogP) is 5.59. The minimum absolute atomic E-state index is 0.138. The van der Waals surface area contributed by atoms with E-state index in [9.17, 15) is 9.59 Å². The quantitative estimate of drug-likeness (QED) is 0.578. The molecule has 28 heavy (non-hydrogen) atoms. The van der Waals surface area contributed by atoms with E-state index in [4.69, 9.17) is 0 Å². The van der Waals surface area contributed by atoms with Crippen molar-refractivity contribution in [1.29, 1.82) is 0 Å². The highest BCUT2D eigenvalue weighted by atomic mass is 79.9. The lowest BCUT2D eigenvalue weighted by molar-refractivity contribution is 0.0989. The Morgan fingerprint density at radius 2 is 1.57 bits per heavy atom. The van der Waals surface area contributed by atoms with Gasteiger partial charge in [0.15, 0.2) is 0 Å². The Labute approximate surface area is 173 Å². The Bertz CT molecular complexity index is 1030. The topological polar surface area (TPSA) is 49.4 Å². The minimum Gasteiger partial charge on any atom is -0.322 e. The average Bonchev–Trinajstić information content (AvgIpc) is 2.69. The summed E-state index contributed by atoms with van der Waals surface area (Å²) in [5.41, 5.74) is 4.43. The number of nitrogens with zero attached hydrogens (tertiary/aromatic N) is 1. The molecule has 0 aromatic heterocycles. The van der Waals surface area contributed by atoms with E-state index < -0.39 is 0 Å². The number of amides is 2. The highest BCUT2D eigenvalue weighted by Crippen LogP contribution is 2.25. The number of anilines is 2. The lowest BCUT2D eigenvalue weighted by Crippen LogP contribution is -2.27. The van der Waals surface area contributed by atoms with Crippen LogP contribution in [-0.2, 0) is 0 Å². The van der Waals surface area contributed by atoms with Crippen LogP contribution in [0.25, 0.3) is 0 Å². The first-order valence-electron chi connectivity index (χ1n) is 8.88. The van der Waals surface area contributed by atoms with Crippen molar-refractivity contribution in [3.63, 3.8) is 0 Å². The second kappa shape index (κ2) is 8.40. The first kappa shape index (κ1) is 19.8. The van der Waals surface area contributed by atoms with Crippen LogP contribution in [0.5, 0.6) is 0 Å². The van der Waals surface area contributed by atoms with Crippen LogP contribution in [0.1, 0.15) is 31.8 Å². The van der Waals surface area contributed by atoms with Crippen molar-refractivity contribution in [1.82, 2.24) is 0 Å². The van der Waals surface area contributed by atoms with Gasteiger partial charge in [0.05, 0.1) is 0 Å². The van der Waals surface area contributed by atoms with Crippen LogP contribution in [0.2, 0.25) is 0 Å². The maximum Gasteiger partial charge on any atom is 0.258 e. The molecule has 5 heteroatoms. The van der Waals surface area contributed by atoms with Crippen LogP contribution in [-0.4, -0.2) is 18.9 Å². The SMILES string of the molecule is Cc1ccc(C(=O)N(C)c2ccc(Br)cc2C)cc1NC(=O)c1ccccc1. The van der Waals surface area contributed by atoms with Gasteiger partial charge in [0.25, 0.3) is 11.8 Å². The van der Waals surface area contributed by atoms with Crippen molar-refractivity contribution in [2.75, 3.05) is 17.3 Å². The van der Waals surface area contributed by atoms with Gasteiger partial charge in [-0.05, 0) is 67.4 Å². The van der Waals surface area contributed by atoms with Gasteiger partial charge in [0.1, 0.15) is 0 Å². The molecule has 3 aromatic rings. The van der Waals surface area contributed by atoms with E-state index in [-0.39, 0.29) is 11.8 Å². The Morgan fingerprint density at radius 3 is 2.25 bits per heavy atom. The second-order valence-corrected chi connectivity index (χ2v) is 7.56. The average molecular weight is 437 g/mol. The van der Waals surface area contributed by atoms with Gasteiger partial charge in [0.2, 0.25) is 0 Å². The summed E-state index contributed by atoms with van der Waals surface area (Å²) >= 11 is 3.44. The minimum atomic E-state index is -0.203. The number of benzene rings is 3. The maximum atomic E-state index is 13.0. The molecule has 3 aromatic carbocycles. The van der Waals surface area contributed by atoms with Crippen LogP contribution in [0.4, 0.5) is 11.4 Å². The lowest BCUT2D eigenvalue weighted by Gasteiger charge is -2.20. The molecule has 0 aliphatic carbocycles. The summed E-state index contributed by atoms with van der Waals surface area (Å²) in [6.45, 7) is 3.86. The van der Waals surface area contributed by atoms with E-state index in [1.165, 1.54) is 0 Å². The zero-order valence-corrected chi connectivity index (χ0v) is 17.6. The number of carbonyl (C=O) groups is 2. The van der Waals surface area contributed by atoms with E-state index in [2.05, 4.69) is 21.2 Å². The van der Waals surface area contributed by atoms with E-state index in [0.29, 0.717) is 16.8 Å². The molecule has 0 spiro atoms. The van der Waals surface area contributed by atoms with Gasteiger partial charge >= 0.3 is 0 Å². The van der Waals surface area contributed by atoms with Crippen molar-refractivity contribution in [2.24, 2.45) is 0 Å². The number of hydrogen-bond donors (Lipinski definition) is 1. The van der Waals surface area contributed by atoms with Gasteiger partial charge in [-0.15, -0.1) is 0 Å². The first-order valence-corrected chi connectivity index (χ1v) is 9.67. The number of carbonyl (C=O) groups excluding carboxylic acids is 2. The Morgan fingerprint density at radius 1 is 0.857 bits per heavy atom. The van der Waals surface area contributed by atoms with Gasteiger partial charge in [-0.1, -0.05) is 40.2 Å². The lowest BCUT2D eigenvalue weighted by atomic mass is 10.1. The summed E-state index contributed by atoms with van der Waals surface area (Å²) in [7, 11) is 1.75. The van der Waals surface area contributed by atoms with Crippen LogP contribution in [0.15, 0.2) is 71.2 Å². The van der Waals surface area contributed by atoms with Gasteiger partial charge < -0.3 is 10.2 Å². The number of rotatable bonds is 4. The van der Waals surface area contributed by atoms with E-state index >= 15 is 0 Å². The molecule has 1 N–H and O–H groups in total. The summed E-state index contributed by atoms with van der Waals surface area (Å²) in [4.78, 5) is 27.1. The third kappa shape index (κ3) is 4.31. The zero-order valence-electron chi connectivity index (χ0n) is 16.0. The Hall–Kier alpha value is -2.92. The molecule has 0 saturated carbocycles. The highest BCUT2D eigenvalue weighted by molar-refractivity contribution is 9.10. The highest BCUT2D eigenvalue weighted by Gasteiger charge is 2.17. The van der Waals surface area contributed by atoms with Crippen molar-refractivity contribution >= 4 is 39.1 Å². The Kier molecular flexibility index (Phi) is 5.95. The standard InChI is InChI=1S/C23H21BrN2O2/c1-15-9-10-18(14-20(15)25-22(27)17-7-5-4-6-8-17)23(28)26(3)21-12-11-19(24)13-16(21)2/h4-14H,1-3H3,(H,25,27). The molecule has 2 amide bonds. The molecule has 0 heterocycles. The normalized spacial score (nSPS) is 10.4. The molecule has 0 saturated heterocycles. The number of halogens is 1. The molecule has 0 fully saturated rings. The predicted molar refractivity (Wildman–Crippen MR) is 117 cm³/mol. The van der Waals surface area contributed by atoms with Crippen molar-refractivity contribution in [3.05, 3.63) is 93.5 Å². The molecule has 0 unspecified atom stereocenters. The molecule has 0 bridgehead atoms. The molecule has 142 valence electrons. The summed E-state index contributed by atoms with van der Waals surface area (Å²) in [5, 5.41) is 2.90. The van der Waals surface area contributed by atoms with E-state index in [1.807, 2.05) is 56.3 Å². The molecule has 3 rings (SSSR count). The number of aryl methyl sites for hydroxylation is 2. The number of hydrogen-bond acceptors (Lipinski definition) is 2. The van der Waals surface area contributed by atoms with Crippen molar-refractivity contribution < 1.29 is 9.59 Å². The van der Waals surface area contributed by atoms with Crippen molar-refractivity contribution in [3.8, 4) is 0 Å². The molecule has 0 aliphatic heterocycles.